The number of rotatable bonds is 6. The van der Waals surface area contributed by atoms with E-state index in [4.69, 9.17) is 5.73 Å². The second-order valence-electron chi connectivity index (χ2n) is 5.94. The normalized spacial score (nSPS) is 12.0. The van der Waals surface area contributed by atoms with Crippen molar-refractivity contribution in [3.8, 4) is 0 Å². The van der Waals surface area contributed by atoms with Crippen LogP contribution in [0.25, 0.3) is 0 Å². The Labute approximate surface area is 160 Å². The number of hydrogen-bond donors (Lipinski definition) is 2. The minimum absolute atomic E-state index is 0. The van der Waals surface area contributed by atoms with Crippen LogP contribution in [0.15, 0.2) is 53.4 Å². The van der Waals surface area contributed by atoms with Gasteiger partial charge in [-0.25, -0.2) is 8.42 Å². The largest absolute Gasteiger partial charge is 0.348 e. The van der Waals surface area contributed by atoms with E-state index in [1.165, 1.54) is 11.4 Å². The predicted molar refractivity (Wildman–Crippen MR) is 106 cm³/mol. The zero-order valence-electron chi connectivity index (χ0n) is 15.0. The molecule has 3 N–H and O–H groups in total. The molecule has 0 saturated heterocycles. The maximum atomic E-state index is 12.7. The lowest BCUT2D eigenvalue weighted by atomic mass is 10.2. The second-order valence-corrected chi connectivity index (χ2v) is 7.91. The van der Waals surface area contributed by atoms with E-state index in [2.05, 4.69) is 5.32 Å². The molecular formula is C18H24ClN3O3S. The minimum Gasteiger partial charge on any atom is -0.348 e. The number of halogens is 1. The molecule has 1 amide bonds. The number of nitrogens with zero attached hydrogens (tertiary/aromatic N) is 1. The lowest BCUT2D eigenvalue weighted by molar-refractivity contribution is 0.0941. The average molecular weight is 398 g/mol. The summed E-state index contributed by atoms with van der Waals surface area (Å²) in [6.07, 6.45) is 0. The summed E-state index contributed by atoms with van der Waals surface area (Å²) < 4.78 is 26.6. The van der Waals surface area contributed by atoms with Crippen molar-refractivity contribution in [2.75, 3.05) is 17.9 Å². The minimum atomic E-state index is -3.65. The highest BCUT2D eigenvalue weighted by Crippen LogP contribution is 2.22. The van der Waals surface area contributed by atoms with E-state index >= 15 is 0 Å². The van der Waals surface area contributed by atoms with Crippen LogP contribution in [0.3, 0.4) is 0 Å². The number of nitrogens with two attached hydrogens (primary N) is 1. The first-order valence-electron chi connectivity index (χ1n) is 7.92. The van der Waals surface area contributed by atoms with Gasteiger partial charge in [0.05, 0.1) is 10.6 Å². The van der Waals surface area contributed by atoms with Crippen LogP contribution in [0, 0.1) is 6.92 Å². The van der Waals surface area contributed by atoms with E-state index in [0.717, 1.165) is 5.56 Å². The molecule has 2 rings (SSSR count). The summed E-state index contributed by atoms with van der Waals surface area (Å²) in [5.41, 5.74) is 7.40. The number of aryl methyl sites for hydroxylation is 1. The topological polar surface area (TPSA) is 92.5 Å². The molecule has 2 aromatic carbocycles. The third kappa shape index (κ3) is 4.97. The summed E-state index contributed by atoms with van der Waals surface area (Å²) in [5.74, 6) is -0.242. The van der Waals surface area contributed by atoms with Gasteiger partial charge in [-0.2, -0.15) is 0 Å². The van der Waals surface area contributed by atoms with Crippen molar-refractivity contribution < 1.29 is 13.2 Å². The van der Waals surface area contributed by atoms with Crippen LogP contribution in [0.4, 0.5) is 5.69 Å². The number of benzene rings is 2. The molecule has 26 heavy (non-hydrogen) atoms. The fraction of sp³-hybridized carbons (Fsp3) is 0.278. The Morgan fingerprint density at radius 2 is 1.65 bits per heavy atom. The molecule has 0 unspecified atom stereocenters. The van der Waals surface area contributed by atoms with Crippen LogP contribution < -0.4 is 15.4 Å². The van der Waals surface area contributed by atoms with Crippen molar-refractivity contribution in [2.24, 2.45) is 5.73 Å². The van der Waals surface area contributed by atoms with Crippen molar-refractivity contribution in [1.82, 2.24) is 5.32 Å². The van der Waals surface area contributed by atoms with Gasteiger partial charge < -0.3 is 11.1 Å². The van der Waals surface area contributed by atoms with Crippen molar-refractivity contribution >= 4 is 34.0 Å². The van der Waals surface area contributed by atoms with Gasteiger partial charge in [0.25, 0.3) is 15.9 Å². The molecule has 0 aliphatic rings. The van der Waals surface area contributed by atoms with Crippen LogP contribution in [0.5, 0.6) is 0 Å². The third-order valence-electron chi connectivity index (χ3n) is 3.90. The van der Waals surface area contributed by atoms with E-state index in [-0.39, 0.29) is 29.3 Å². The highest BCUT2D eigenvalue weighted by Gasteiger charge is 2.21. The lowest BCUT2D eigenvalue weighted by Crippen LogP contribution is -2.37. The van der Waals surface area contributed by atoms with Crippen LogP contribution in [-0.4, -0.2) is 34.0 Å². The maximum absolute atomic E-state index is 12.7. The van der Waals surface area contributed by atoms with E-state index < -0.39 is 10.0 Å². The van der Waals surface area contributed by atoms with E-state index in [1.807, 2.05) is 13.8 Å². The molecule has 0 fully saturated rings. The molecule has 0 saturated carbocycles. The van der Waals surface area contributed by atoms with Crippen molar-refractivity contribution in [2.45, 2.75) is 24.8 Å². The van der Waals surface area contributed by atoms with Gasteiger partial charge in [-0.3, -0.25) is 9.10 Å². The monoisotopic (exact) mass is 397 g/mol. The average Bonchev–Trinajstić information content (AvgIpc) is 2.61. The number of anilines is 1. The van der Waals surface area contributed by atoms with Gasteiger partial charge in [-0.05, 0) is 50.2 Å². The Bertz CT molecular complexity index is 837. The molecule has 1 atom stereocenters. The quantitative estimate of drug-likeness (QED) is 0.782. The van der Waals surface area contributed by atoms with E-state index in [0.29, 0.717) is 17.8 Å². The molecule has 6 nitrogen and oxygen atoms in total. The van der Waals surface area contributed by atoms with Gasteiger partial charge >= 0.3 is 0 Å². The Kier molecular flexibility index (Phi) is 7.62. The molecular weight excluding hydrogens is 374 g/mol. The fourth-order valence-electron chi connectivity index (χ4n) is 2.20. The molecule has 142 valence electrons. The zero-order chi connectivity index (χ0) is 18.6. The SMILES string of the molecule is Cc1ccc(S(=O)(=O)N(C)c2ccc(C(=O)N[C@@H](C)CN)cc2)cc1.Cl. The van der Waals surface area contributed by atoms with Crippen LogP contribution in [0.1, 0.15) is 22.8 Å². The third-order valence-corrected chi connectivity index (χ3v) is 5.70. The summed E-state index contributed by atoms with van der Waals surface area (Å²) >= 11 is 0. The lowest BCUT2D eigenvalue weighted by Gasteiger charge is -2.20. The Balaban J connectivity index is 0.00000338. The highest BCUT2D eigenvalue weighted by molar-refractivity contribution is 7.92. The van der Waals surface area contributed by atoms with Crippen molar-refractivity contribution in [3.63, 3.8) is 0 Å². The Hall–Kier alpha value is -2.09. The van der Waals surface area contributed by atoms with Gasteiger partial charge in [-0.15, -0.1) is 12.4 Å². The molecule has 2 aromatic rings. The van der Waals surface area contributed by atoms with Crippen LogP contribution in [0.2, 0.25) is 0 Å². The molecule has 0 aliphatic carbocycles. The van der Waals surface area contributed by atoms with Crippen LogP contribution in [-0.2, 0) is 10.0 Å². The summed E-state index contributed by atoms with van der Waals surface area (Å²) in [6, 6.07) is 12.9. The Morgan fingerprint density at radius 3 is 2.15 bits per heavy atom. The maximum Gasteiger partial charge on any atom is 0.264 e. The molecule has 0 aromatic heterocycles. The number of amides is 1. The second kappa shape index (κ2) is 9.02. The first-order chi connectivity index (χ1) is 11.8. The zero-order valence-corrected chi connectivity index (χ0v) is 16.6. The first-order valence-corrected chi connectivity index (χ1v) is 9.36. The van der Waals surface area contributed by atoms with E-state index in [9.17, 15) is 13.2 Å². The number of sulfonamides is 1. The summed E-state index contributed by atoms with van der Waals surface area (Å²) in [4.78, 5) is 12.3. The van der Waals surface area contributed by atoms with Gasteiger partial charge in [0.15, 0.2) is 0 Å². The number of carbonyl (C=O) groups is 1. The van der Waals surface area contributed by atoms with E-state index in [1.54, 1.807) is 48.5 Å². The molecule has 0 aliphatic heterocycles. The van der Waals surface area contributed by atoms with Crippen LogP contribution >= 0.6 is 12.4 Å². The number of carbonyl (C=O) groups excluding carboxylic acids is 1. The molecule has 0 heterocycles. The predicted octanol–water partition coefficient (Wildman–Crippen LogP) is 2.32. The Morgan fingerprint density at radius 1 is 1.12 bits per heavy atom. The summed E-state index contributed by atoms with van der Waals surface area (Å²) in [6.45, 7) is 4.06. The van der Waals surface area contributed by atoms with Crippen molar-refractivity contribution in [1.29, 1.82) is 0 Å². The smallest absolute Gasteiger partial charge is 0.264 e. The van der Waals surface area contributed by atoms with Gasteiger partial charge in [0.2, 0.25) is 0 Å². The fourth-order valence-corrected chi connectivity index (χ4v) is 3.39. The first kappa shape index (κ1) is 22.0. The van der Waals surface area contributed by atoms with Gasteiger partial charge in [-0.1, -0.05) is 17.7 Å². The summed E-state index contributed by atoms with van der Waals surface area (Å²) in [7, 11) is -2.16. The van der Waals surface area contributed by atoms with Gasteiger partial charge in [0.1, 0.15) is 0 Å². The number of nitrogens with one attached hydrogen (secondary N) is 1. The standard InChI is InChI=1S/C18H23N3O3S.ClH/c1-13-4-10-17(11-5-13)25(23,24)21(3)16-8-6-15(7-9-16)18(22)20-14(2)12-19;/h4-11,14H,12,19H2,1-3H3,(H,20,22);1H/t14-;/m0./s1. The number of hydrogen-bond acceptors (Lipinski definition) is 4. The molecule has 0 spiro atoms. The van der Waals surface area contributed by atoms with Crippen molar-refractivity contribution in [3.05, 3.63) is 59.7 Å². The summed E-state index contributed by atoms with van der Waals surface area (Å²) in [5, 5.41) is 2.76. The van der Waals surface area contributed by atoms with Gasteiger partial charge in [0, 0.05) is 25.2 Å². The molecule has 8 heteroatoms. The highest BCUT2D eigenvalue weighted by atomic mass is 35.5. The molecule has 0 bridgehead atoms. The molecule has 0 radical (unpaired) electrons.